The molecule has 0 spiro atoms. The summed E-state index contributed by atoms with van der Waals surface area (Å²) in [4.78, 5) is -0.491. The van der Waals surface area contributed by atoms with Crippen molar-refractivity contribution in [2.24, 2.45) is 5.41 Å². The van der Waals surface area contributed by atoms with E-state index in [1.807, 2.05) is 0 Å². The molecule has 1 saturated carbocycles. The number of anilines is 1. The van der Waals surface area contributed by atoms with Gasteiger partial charge in [-0.05, 0) is 36.8 Å². The maximum atomic E-state index is 13.9. The van der Waals surface area contributed by atoms with Gasteiger partial charge in [-0.3, -0.25) is 0 Å². The molecule has 0 atom stereocenters. The van der Waals surface area contributed by atoms with Crippen LogP contribution in [0.2, 0.25) is 5.02 Å². The molecule has 20 heavy (non-hydrogen) atoms. The molecule has 3 N–H and O–H groups in total. The van der Waals surface area contributed by atoms with Gasteiger partial charge in [0.05, 0.1) is 5.02 Å². The molecule has 112 valence electrons. The second kappa shape index (κ2) is 5.50. The summed E-state index contributed by atoms with van der Waals surface area (Å²) in [7, 11) is -3.94. The lowest BCUT2D eigenvalue weighted by Crippen LogP contribution is -2.31. The molecule has 7 heteroatoms. The molecule has 1 aliphatic rings. The summed E-state index contributed by atoms with van der Waals surface area (Å²) in [5.74, 6) is -0.964. The average molecular weight is 321 g/mol. The Morgan fingerprint density at radius 2 is 2.10 bits per heavy atom. The Hall–Kier alpha value is -0.850. The zero-order valence-corrected chi connectivity index (χ0v) is 12.8. The highest BCUT2D eigenvalue weighted by molar-refractivity contribution is 7.89. The van der Waals surface area contributed by atoms with Gasteiger partial charge in [0.2, 0.25) is 10.0 Å². The van der Waals surface area contributed by atoms with E-state index in [1.54, 1.807) is 0 Å². The van der Waals surface area contributed by atoms with Gasteiger partial charge in [0.25, 0.3) is 0 Å². The van der Waals surface area contributed by atoms with Crippen LogP contribution >= 0.6 is 11.6 Å². The third-order valence-electron chi connectivity index (χ3n) is 3.68. The number of nitrogen functional groups attached to an aromatic ring is 1. The second-order valence-electron chi connectivity index (χ2n) is 5.39. The van der Waals surface area contributed by atoms with E-state index in [0.29, 0.717) is 6.54 Å². The lowest BCUT2D eigenvalue weighted by Gasteiger charge is -2.15. The summed E-state index contributed by atoms with van der Waals surface area (Å²) < 4.78 is 40.7. The van der Waals surface area contributed by atoms with Crippen LogP contribution in [0.25, 0.3) is 0 Å². The Morgan fingerprint density at radius 1 is 1.45 bits per heavy atom. The van der Waals surface area contributed by atoms with Gasteiger partial charge in [-0.1, -0.05) is 24.9 Å². The van der Waals surface area contributed by atoms with Crippen LogP contribution in [0.3, 0.4) is 0 Å². The van der Waals surface area contributed by atoms with Crippen molar-refractivity contribution < 1.29 is 12.8 Å². The van der Waals surface area contributed by atoms with Crippen molar-refractivity contribution in [3.63, 3.8) is 0 Å². The molecule has 1 aromatic rings. The Morgan fingerprint density at radius 3 is 2.65 bits per heavy atom. The number of rotatable bonds is 6. The van der Waals surface area contributed by atoms with Crippen LogP contribution < -0.4 is 10.5 Å². The number of hydrogen-bond acceptors (Lipinski definition) is 3. The van der Waals surface area contributed by atoms with Crippen LogP contribution in [0.4, 0.5) is 10.1 Å². The van der Waals surface area contributed by atoms with Crippen LogP contribution in [0.1, 0.15) is 32.6 Å². The number of halogens is 2. The van der Waals surface area contributed by atoms with Crippen molar-refractivity contribution in [2.45, 2.75) is 37.5 Å². The Bertz CT molecular complexity index is 615. The Labute approximate surface area is 123 Å². The van der Waals surface area contributed by atoms with Gasteiger partial charge >= 0.3 is 0 Å². The monoisotopic (exact) mass is 320 g/mol. The Balaban J connectivity index is 2.19. The maximum Gasteiger partial charge on any atom is 0.243 e. The molecule has 1 aliphatic carbocycles. The standard InChI is InChI=1S/C13H18ClFN2O2S/c1-2-3-13(4-5-13)8-17-20(18,19)11-7-9(16)6-10(14)12(11)15/h6-7,17H,2-5,8,16H2,1H3. The highest BCUT2D eigenvalue weighted by Gasteiger charge is 2.42. The van der Waals surface area contributed by atoms with Gasteiger partial charge in [-0.15, -0.1) is 0 Å². The van der Waals surface area contributed by atoms with E-state index in [1.165, 1.54) is 6.07 Å². The summed E-state index contributed by atoms with van der Waals surface area (Å²) in [5.41, 5.74) is 5.68. The molecule has 2 rings (SSSR count). The van der Waals surface area contributed by atoms with Gasteiger partial charge in [0, 0.05) is 12.2 Å². The van der Waals surface area contributed by atoms with E-state index in [2.05, 4.69) is 11.6 Å². The first kappa shape index (κ1) is 15.5. The van der Waals surface area contributed by atoms with Crippen LogP contribution in [0, 0.1) is 11.2 Å². The van der Waals surface area contributed by atoms with Crippen LogP contribution in [-0.4, -0.2) is 15.0 Å². The lowest BCUT2D eigenvalue weighted by molar-refractivity contribution is 0.448. The fourth-order valence-electron chi connectivity index (χ4n) is 2.33. The summed E-state index contributed by atoms with van der Waals surface area (Å²) in [6, 6.07) is 2.28. The summed E-state index contributed by atoms with van der Waals surface area (Å²) in [5, 5.41) is -0.292. The quantitative estimate of drug-likeness (QED) is 0.792. The summed E-state index contributed by atoms with van der Waals surface area (Å²) in [6.07, 6.45) is 3.98. The van der Waals surface area contributed by atoms with Crippen LogP contribution in [0.5, 0.6) is 0 Å². The van der Waals surface area contributed by atoms with E-state index < -0.39 is 20.7 Å². The molecular formula is C13H18ClFN2O2S. The zero-order chi connectivity index (χ0) is 15.0. The normalized spacial score (nSPS) is 17.1. The van der Waals surface area contributed by atoms with Gasteiger partial charge in [0.1, 0.15) is 4.90 Å². The fraction of sp³-hybridized carbons (Fsp3) is 0.538. The minimum atomic E-state index is -3.94. The number of nitrogens with two attached hydrogens (primary N) is 1. The predicted molar refractivity (Wildman–Crippen MR) is 77.6 cm³/mol. The highest BCUT2D eigenvalue weighted by Crippen LogP contribution is 2.49. The molecule has 0 unspecified atom stereocenters. The number of nitrogens with one attached hydrogen (secondary N) is 1. The van der Waals surface area contributed by atoms with E-state index >= 15 is 0 Å². The van der Waals surface area contributed by atoms with Crippen molar-refractivity contribution in [3.8, 4) is 0 Å². The van der Waals surface area contributed by atoms with Crippen molar-refractivity contribution in [2.75, 3.05) is 12.3 Å². The lowest BCUT2D eigenvalue weighted by atomic mass is 10.0. The smallest absolute Gasteiger partial charge is 0.243 e. The zero-order valence-electron chi connectivity index (χ0n) is 11.2. The molecular weight excluding hydrogens is 303 g/mol. The van der Waals surface area contributed by atoms with Crippen molar-refractivity contribution in [1.29, 1.82) is 0 Å². The fourth-order valence-corrected chi connectivity index (χ4v) is 3.90. The van der Waals surface area contributed by atoms with E-state index in [4.69, 9.17) is 17.3 Å². The topological polar surface area (TPSA) is 72.2 Å². The molecule has 0 saturated heterocycles. The molecule has 0 aromatic heterocycles. The van der Waals surface area contributed by atoms with E-state index in [0.717, 1.165) is 31.7 Å². The summed E-state index contributed by atoms with van der Waals surface area (Å²) >= 11 is 5.63. The Kier molecular flexibility index (Phi) is 4.27. The molecule has 0 bridgehead atoms. The number of hydrogen-bond donors (Lipinski definition) is 2. The van der Waals surface area contributed by atoms with Gasteiger partial charge < -0.3 is 5.73 Å². The molecule has 1 fully saturated rings. The number of sulfonamides is 1. The molecule has 0 amide bonds. The molecule has 4 nitrogen and oxygen atoms in total. The summed E-state index contributed by atoms with van der Waals surface area (Å²) in [6.45, 7) is 2.39. The minimum Gasteiger partial charge on any atom is -0.399 e. The van der Waals surface area contributed by atoms with Crippen molar-refractivity contribution in [3.05, 3.63) is 23.0 Å². The third-order valence-corrected chi connectivity index (χ3v) is 5.36. The molecule has 0 heterocycles. The molecule has 0 aliphatic heterocycles. The second-order valence-corrected chi connectivity index (χ2v) is 7.53. The minimum absolute atomic E-state index is 0.0441. The first-order valence-electron chi connectivity index (χ1n) is 6.54. The first-order chi connectivity index (χ1) is 9.30. The predicted octanol–water partition coefficient (Wildman–Crippen LogP) is 2.92. The van der Waals surface area contributed by atoms with E-state index in [-0.39, 0.29) is 16.1 Å². The van der Waals surface area contributed by atoms with Crippen molar-refractivity contribution >= 4 is 27.3 Å². The number of benzene rings is 1. The van der Waals surface area contributed by atoms with Crippen LogP contribution in [0.15, 0.2) is 17.0 Å². The highest BCUT2D eigenvalue weighted by atomic mass is 35.5. The largest absolute Gasteiger partial charge is 0.399 e. The third kappa shape index (κ3) is 3.24. The molecule has 1 aromatic carbocycles. The van der Waals surface area contributed by atoms with Gasteiger partial charge in [-0.2, -0.15) is 0 Å². The van der Waals surface area contributed by atoms with E-state index in [9.17, 15) is 12.8 Å². The molecule has 0 radical (unpaired) electrons. The van der Waals surface area contributed by atoms with Crippen molar-refractivity contribution in [1.82, 2.24) is 4.72 Å². The van der Waals surface area contributed by atoms with Gasteiger partial charge in [0.15, 0.2) is 5.82 Å². The average Bonchev–Trinajstić information content (AvgIpc) is 3.12. The van der Waals surface area contributed by atoms with Gasteiger partial charge in [-0.25, -0.2) is 17.5 Å². The SMILES string of the molecule is CCCC1(CNS(=O)(=O)c2cc(N)cc(Cl)c2F)CC1. The maximum absolute atomic E-state index is 13.9. The first-order valence-corrected chi connectivity index (χ1v) is 8.40. The van der Waals surface area contributed by atoms with Crippen LogP contribution in [-0.2, 0) is 10.0 Å².